The molecule has 0 saturated carbocycles. The smallest absolute Gasteiger partial charge is 0.270 e. The highest BCUT2D eigenvalue weighted by Crippen LogP contribution is 2.27. The number of aromatic nitrogens is 3. The molecule has 2 aromatic heterocycles. The van der Waals surface area contributed by atoms with Crippen LogP contribution in [0.15, 0.2) is 23.1 Å². The molecular formula is C15H18ClN5O2. The van der Waals surface area contributed by atoms with Crippen molar-refractivity contribution in [2.45, 2.75) is 12.3 Å². The average molecular weight is 336 g/mol. The number of nitrogens with one attached hydrogen (secondary N) is 2. The summed E-state index contributed by atoms with van der Waals surface area (Å²) in [5.41, 5.74) is 1.01. The molecule has 0 aromatic carbocycles. The summed E-state index contributed by atoms with van der Waals surface area (Å²) < 4.78 is 0. The third kappa shape index (κ3) is 3.24. The van der Waals surface area contributed by atoms with Gasteiger partial charge in [0.05, 0.1) is 10.7 Å². The lowest BCUT2D eigenvalue weighted by Crippen LogP contribution is -2.29. The molecule has 0 spiro atoms. The zero-order valence-corrected chi connectivity index (χ0v) is 13.7. The van der Waals surface area contributed by atoms with Gasteiger partial charge in [-0.15, -0.1) is 0 Å². The molecule has 3 rings (SSSR count). The minimum absolute atomic E-state index is 0.0605. The summed E-state index contributed by atoms with van der Waals surface area (Å²) in [6, 6.07) is 3.13. The number of nitrogens with zero attached hydrogens (tertiary/aromatic N) is 3. The third-order valence-electron chi connectivity index (χ3n) is 3.94. The van der Waals surface area contributed by atoms with Crippen molar-refractivity contribution >= 4 is 23.5 Å². The van der Waals surface area contributed by atoms with Crippen LogP contribution in [0.5, 0.6) is 0 Å². The van der Waals surface area contributed by atoms with Gasteiger partial charge in [-0.05, 0) is 12.5 Å². The van der Waals surface area contributed by atoms with E-state index in [-0.39, 0.29) is 17.4 Å². The van der Waals surface area contributed by atoms with Gasteiger partial charge >= 0.3 is 0 Å². The molecule has 8 heteroatoms. The molecule has 1 aliphatic rings. The first-order valence-corrected chi connectivity index (χ1v) is 7.73. The van der Waals surface area contributed by atoms with E-state index >= 15 is 0 Å². The minimum atomic E-state index is -0.181. The van der Waals surface area contributed by atoms with Crippen molar-refractivity contribution in [2.75, 3.05) is 32.1 Å². The van der Waals surface area contributed by atoms with E-state index in [1.807, 2.05) is 14.1 Å². The average Bonchev–Trinajstić information content (AvgIpc) is 3.15. The molecule has 2 aromatic rings. The van der Waals surface area contributed by atoms with Crippen LogP contribution in [0.2, 0.25) is 5.02 Å². The summed E-state index contributed by atoms with van der Waals surface area (Å²) in [7, 11) is 3.64. The van der Waals surface area contributed by atoms with E-state index in [0.717, 1.165) is 12.1 Å². The first-order valence-electron chi connectivity index (χ1n) is 7.36. The Labute approximate surface area is 138 Å². The maximum Gasteiger partial charge on any atom is 0.270 e. The molecule has 1 unspecified atom stereocenters. The standard InChI is InChI=1S/C15H18ClN5O2/c1-20(2)15-18-11(6-13(22)19-15)9-3-4-21(8-9)14(23)12-5-10(16)7-17-12/h5-7,9,17H,3-4,8H2,1-2H3,(H,18,19,22). The summed E-state index contributed by atoms with van der Waals surface area (Å²) in [5.74, 6) is 0.496. The van der Waals surface area contributed by atoms with Crippen LogP contribution in [0.1, 0.15) is 28.5 Å². The van der Waals surface area contributed by atoms with Crippen LogP contribution in [-0.4, -0.2) is 52.9 Å². The Hall–Kier alpha value is -2.28. The molecule has 0 bridgehead atoms. The van der Waals surface area contributed by atoms with Crippen LogP contribution >= 0.6 is 11.6 Å². The van der Waals surface area contributed by atoms with Gasteiger partial charge in [-0.2, -0.15) is 0 Å². The van der Waals surface area contributed by atoms with Crippen molar-refractivity contribution < 1.29 is 4.79 Å². The Morgan fingerprint density at radius 2 is 2.22 bits per heavy atom. The molecule has 1 saturated heterocycles. The Kier molecular flexibility index (Phi) is 4.12. The molecule has 23 heavy (non-hydrogen) atoms. The van der Waals surface area contributed by atoms with Crippen molar-refractivity contribution in [1.29, 1.82) is 0 Å². The Morgan fingerprint density at radius 3 is 2.87 bits per heavy atom. The summed E-state index contributed by atoms with van der Waals surface area (Å²) in [6.45, 7) is 1.17. The number of amides is 1. The lowest BCUT2D eigenvalue weighted by Gasteiger charge is -2.16. The van der Waals surface area contributed by atoms with Crippen LogP contribution in [0.25, 0.3) is 0 Å². The van der Waals surface area contributed by atoms with Gasteiger partial charge in [0, 0.05) is 45.4 Å². The number of hydrogen-bond acceptors (Lipinski definition) is 4. The molecule has 1 fully saturated rings. The van der Waals surface area contributed by atoms with E-state index in [1.165, 1.54) is 6.07 Å². The fraction of sp³-hybridized carbons (Fsp3) is 0.400. The molecule has 3 heterocycles. The zero-order chi connectivity index (χ0) is 16.6. The summed E-state index contributed by atoms with van der Waals surface area (Å²) in [4.78, 5) is 37.8. The van der Waals surface area contributed by atoms with Gasteiger partial charge in [0.2, 0.25) is 5.95 Å². The largest absolute Gasteiger partial charge is 0.356 e. The SMILES string of the molecule is CN(C)c1nc(C2CCN(C(=O)c3cc(Cl)c[nH]3)C2)cc(=O)[nH]1. The van der Waals surface area contributed by atoms with Gasteiger partial charge in [-0.25, -0.2) is 4.98 Å². The number of likely N-dealkylation sites (tertiary alicyclic amines) is 1. The van der Waals surface area contributed by atoms with Gasteiger partial charge < -0.3 is 14.8 Å². The Balaban J connectivity index is 1.77. The fourth-order valence-corrected chi connectivity index (χ4v) is 2.90. The van der Waals surface area contributed by atoms with Crippen molar-refractivity contribution in [3.05, 3.63) is 45.1 Å². The fourth-order valence-electron chi connectivity index (χ4n) is 2.73. The van der Waals surface area contributed by atoms with Crippen LogP contribution in [-0.2, 0) is 0 Å². The Bertz CT molecular complexity index is 782. The van der Waals surface area contributed by atoms with E-state index in [1.54, 1.807) is 22.1 Å². The van der Waals surface area contributed by atoms with Gasteiger partial charge in [0.25, 0.3) is 11.5 Å². The maximum atomic E-state index is 12.4. The highest BCUT2D eigenvalue weighted by Gasteiger charge is 2.30. The zero-order valence-electron chi connectivity index (χ0n) is 13.0. The number of anilines is 1. The molecular weight excluding hydrogens is 318 g/mol. The minimum Gasteiger partial charge on any atom is -0.356 e. The van der Waals surface area contributed by atoms with Gasteiger partial charge in [-0.1, -0.05) is 11.6 Å². The number of hydrogen-bond donors (Lipinski definition) is 2. The summed E-state index contributed by atoms with van der Waals surface area (Å²) >= 11 is 5.85. The normalized spacial score (nSPS) is 17.5. The third-order valence-corrected chi connectivity index (χ3v) is 4.16. The molecule has 122 valence electrons. The van der Waals surface area contributed by atoms with E-state index in [0.29, 0.717) is 29.8 Å². The maximum absolute atomic E-state index is 12.4. The number of carbonyl (C=O) groups excluding carboxylic acids is 1. The first kappa shape index (κ1) is 15.6. The van der Waals surface area contributed by atoms with E-state index in [4.69, 9.17) is 11.6 Å². The predicted octanol–water partition coefficient (Wildman–Crippen LogP) is 1.45. The summed E-state index contributed by atoms with van der Waals surface area (Å²) in [6.07, 6.45) is 2.37. The Morgan fingerprint density at radius 1 is 1.43 bits per heavy atom. The molecule has 1 aliphatic heterocycles. The lowest BCUT2D eigenvalue weighted by molar-refractivity contribution is 0.0785. The van der Waals surface area contributed by atoms with Crippen LogP contribution in [0, 0.1) is 0 Å². The lowest BCUT2D eigenvalue weighted by atomic mass is 10.1. The number of carbonyl (C=O) groups is 1. The van der Waals surface area contributed by atoms with Crippen molar-refractivity contribution in [3.63, 3.8) is 0 Å². The van der Waals surface area contributed by atoms with Gasteiger partial charge in [0.15, 0.2) is 0 Å². The quantitative estimate of drug-likeness (QED) is 0.889. The molecule has 7 nitrogen and oxygen atoms in total. The highest BCUT2D eigenvalue weighted by molar-refractivity contribution is 6.30. The predicted molar refractivity (Wildman–Crippen MR) is 88.2 cm³/mol. The van der Waals surface area contributed by atoms with Crippen molar-refractivity contribution in [3.8, 4) is 0 Å². The number of H-pyrrole nitrogens is 2. The van der Waals surface area contributed by atoms with Crippen molar-refractivity contribution in [1.82, 2.24) is 19.9 Å². The number of rotatable bonds is 3. The topological polar surface area (TPSA) is 85.1 Å². The number of halogens is 1. The van der Waals surface area contributed by atoms with Crippen molar-refractivity contribution in [2.24, 2.45) is 0 Å². The molecule has 2 N–H and O–H groups in total. The molecule has 1 atom stereocenters. The molecule has 0 aliphatic carbocycles. The monoisotopic (exact) mass is 335 g/mol. The van der Waals surface area contributed by atoms with E-state index < -0.39 is 0 Å². The second-order valence-electron chi connectivity index (χ2n) is 5.86. The molecule has 0 radical (unpaired) electrons. The van der Waals surface area contributed by atoms with Crippen LogP contribution in [0.3, 0.4) is 0 Å². The summed E-state index contributed by atoms with van der Waals surface area (Å²) in [5, 5.41) is 0.510. The number of aromatic amines is 2. The van der Waals surface area contributed by atoms with E-state index in [9.17, 15) is 9.59 Å². The molecule has 1 amide bonds. The van der Waals surface area contributed by atoms with Crippen LogP contribution in [0.4, 0.5) is 5.95 Å². The first-order chi connectivity index (χ1) is 10.9. The van der Waals surface area contributed by atoms with E-state index in [2.05, 4.69) is 15.0 Å². The highest BCUT2D eigenvalue weighted by atomic mass is 35.5. The van der Waals surface area contributed by atoms with Crippen LogP contribution < -0.4 is 10.5 Å². The second kappa shape index (κ2) is 6.08. The van der Waals surface area contributed by atoms with Gasteiger partial charge in [0.1, 0.15) is 5.69 Å². The second-order valence-corrected chi connectivity index (χ2v) is 6.29. The van der Waals surface area contributed by atoms with Gasteiger partial charge in [-0.3, -0.25) is 14.6 Å².